The zero-order chi connectivity index (χ0) is 17.3. The number of hydrazine groups is 1. The Hall–Kier alpha value is -1.93. The van der Waals surface area contributed by atoms with Crippen LogP contribution < -0.4 is 5.43 Å². The van der Waals surface area contributed by atoms with Crippen LogP contribution in [0.4, 0.5) is 0 Å². The van der Waals surface area contributed by atoms with E-state index in [0.29, 0.717) is 6.42 Å². The maximum atomic E-state index is 12.4. The molecule has 0 spiro atoms. The molecule has 5 heteroatoms. The van der Waals surface area contributed by atoms with Gasteiger partial charge in [-0.15, -0.1) is 0 Å². The van der Waals surface area contributed by atoms with E-state index in [1.165, 1.54) is 12.2 Å². The second-order valence-electron chi connectivity index (χ2n) is 7.23. The molecule has 0 bridgehead atoms. The molecule has 2 unspecified atom stereocenters. The van der Waals surface area contributed by atoms with E-state index in [1.807, 2.05) is 27.7 Å². The molecule has 1 aliphatic heterocycles. The Morgan fingerprint density at radius 2 is 1.77 bits per heavy atom. The van der Waals surface area contributed by atoms with Gasteiger partial charge in [0.05, 0.1) is 17.4 Å². The molecule has 0 aromatic carbocycles. The lowest BCUT2D eigenvalue weighted by molar-refractivity contribution is -0.165. The second kappa shape index (κ2) is 5.69. The number of amides is 1. The van der Waals surface area contributed by atoms with E-state index in [2.05, 4.69) is 24.7 Å². The van der Waals surface area contributed by atoms with Crippen molar-refractivity contribution in [3.8, 4) is 6.07 Å². The van der Waals surface area contributed by atoms with Gasteiger partial charge in [-0.05, 0) is 53.2 Å². The number of hydrogen-bond donors (Lipinski definition) is 1. The first-order valence-corrected chi connectivity index (χ1v) is 7.27. The van der Waals surface area contributed by atoms with Gasteiger partial charge in [0.25, 0.3) is 5.91 Å². The molecule has 0 aromatic rings. The van der Waals surface area contributed by atoms with Crippen molar-refractivity contribution in [2.45, 2.75) is 52.1 Å². The maximum Gasteiger partial charge on any atom is 0.257 e. The van der Waals surface area contributed by atoms with Gasteiger partial charge >= 0.3 is 0 Å². The van der Waals surface area contributed by atoms with Gasteiger partial charge in [0.1, 0.15) is 0 Å². The topological polar surface area (TPSA) is 73.2 Å². The van der Waals surface area contributed by atoms with E-state index < -0.39 is 22.4 Å². The lowest BCUT2D eigenvalue weighted by Crippen LogP contribution is -2.73. The third-order valence-electron chi connectivity index (χ3n) is 4.47. The van der Waals surface area contributed by atoms with E-state index in [4.69, 9.17) is 0 Å². The zero-order valence-corrected chi connectivity index (χ0v) is 14.1. The van der Waals surface area contributed by atoms with Crippen LogP contribution >= 0.6 is 0 Å². The maximum absolute atomic E-state index is 12.4. The molecule has 2 atom stereocenters. The molecule has 1 fully saturated rings. The first-order chi connectivity index (χ1) is 9.96. The fourth-order valence-electron chi connectivity index (χ4n) is 4.10. The van der Waals surface area contributed by atoms with Crippen LogP contribution in [-0.4, -0.2) is 27.8 Å². The lowest BCUT2D eigenvalue weighted by Gasteiger charge is -2.59. The lowest BCUT2D eigenvalue weighted by atomic mass is 9.58. The van der Waals surface area contributed by atoms with E-state index in [1.54, 1.807) is 11.9 Å². The van der Waals surface area contributed by atoms with Crippen LogP contribution in [0.25, 0.3) is 0 Å². The molecule has 5 nitrogen and oxygen atoms in total. The van der Waals surface area contributed by atoms with Crippen molar-refractivity contribution in [2.24, 2.45) is 11.3 Å². The SMILES string of the molecule is C=CC(=O)NN1C(C)(C)CC(C)(C#N)C(C(=O)C=C)C1(C)C. The van der Waals surface area contributed by atoms with Crippen molar-refractivity contribution in [3.05, 3.63) is 25.3 Å². The number of rotatable bonds is 4. The molecule has 120 valence electrons. The van der Waals surface area contributed by atoms with Crippen molar-refractivity contribution >= 4 is 11.7 Å². The predicted molar refractivity (Wildman–Crippen MR) is 85.4 cm³/mol. The fraction of sp³-hybridized carbons (Fsp3) is 0.588. The second-order valence-corrected chi connectivity index (χ2v) is 7.23. The summed E-state index contributed by atoms with van der Waals surface area (Å²) in [6.45, 7) is 16.4. The summed E-state index contributed by atoms with van der Waals surface area (Å²) in [5.41, 5.74) is 0.711. The van der Waals surface area contributed by atoms with Crippen LogP contribution in [0.15, 0.2) is 25.3 Å². The quantitative estimate of drug-likeness (QED) is 0.809. The molecule has 1 aliphatic rings. The molecule has 0 radical (unpaired) electrons. The first kappa shape index (κ1) is 18.1. The van der Waals surface area contributed by atoms with Gasteiger partial charge in [0.15, 0.2) is 5.78 Å². The van der Waals surface area contributed by atoms with Crippen LogP contribution in [-0.2, 0) is 9.59 Å². The Kier molecular flexibility index (Phi) is 4.69. The number of nitriles is 1. The van der Waals surface area contributed by atoms with Gasteiger partial charge in [0, 0.05) is 11.1 Å². The van der Waals surface area contributed by atoms with E-state index >= 15 is 0 Å². The molecule has 1 saturated heterocycles. The summed E-state index contributed by atoms with van der Waals surface area (Å²) in [5, 5.41) is 11.5. The van der Waals surface area contributed by atoms with E-state index in [9.17, 15) is 14.9 Å². The summed E-state index contributed by atoms with van der Waals surface area (Å²) in [6.07, 6.45) is 2.89. The molecule has 1 N–H and O–H groups in total. The van der Waals surface area contributed by atoms with Crippen molar-refractivity contribution in [1.29, 1.82) is 5.26 Å². The number of carbonyl (C=O) groups excluding carboxylic acids is 2. The van der Waals surface area contributed by atoms with Gasteiger partial charge in [-0.3, -0.25) is 15.0 Å². The third-order valence-corrected chi connectivity index (χ3v) is 4.47. The van der Waals surface area contributed by atoms with Gasteiger partial charge in [0.2, 0.25) is 0 Å². The summed E-state index contributed by atoms with van der Waals surface area (Å²) in [7, 11) is 0. The average Bonchev–Trinajstić information content (AvgIpc) is 2.41. The van der Waals surface area contributed by atoms with Gasteiger partial charge in [-0.25, -0.2) is 5.01 Å². The molecule has 0 aliphatic carbocycles. The molecular formula is C17H25N3O2. The van der Waals surface area contributed by atoms with Crippen LogP contribution in [0.1, 0.15) is 41.0 Å². The number of piperidine rings is 1. The summed E-state index contributed by atoms with van der Waals surface area (Å²) >= 11 is 0. The van der Waals surface area contributed by atoms with Crippen molar-refractivity contribution in [2.75, 3.05) is 0 Å². The largest absolute Gasteiger partial charge is 0.294 e. The third kappa shape index (κ3) is 2.84. The molecule has 0 saturated carbocycles. The Bertz CT molecular complexity index is 557. The number of nitrogens with zero attached hydrogens (tertiary/aromatic N) is 2. The van der Waals surface area contributed by atoms with Crippen LogP contribution in [0.2, 0.25) is 0 Å². The van der Waals surface area contributed by atoms with Crippen molar-refractivity contribution < 1.29 is 9.59 Å². The van der Waals surface area contributed by atoms with Gasteiger partial charge in [-0.1, -0.05) is 13.2 Å². The zero-order valence-electron chi connectivity index (χ0n) is 14.1. The van der Waals surface area contributed by atoms with E-state index in [0.717, 1.165) is 0 Å². The Morgan fingerprint density at radius 3 is 2.18 bits per heavy atom. The monoisotopic (exact) mass is 303 g/mol. The smallest absolute Gasteiger partial charge is 0.257 e. The molecule has 0 aromatic heterocycles. The summed E-state index contributed by atoms with van der Waals surface area (Å²) in [4.78, 5) is 24.2. The molecule has 22 heavy (non-hydrogen) atoms. The minimum atomic E-state index is -0.840. The van der Waals surface area contributed by atoms with Gasteiger partial charge in [-0.2, -0.15) is 5.26 Å². The van der Waals surface area contributed by atoms with Crippen LogP contribution in [0.3, 0.4) is 0 Å². The normalized spacial score (nSPS) is 29.9. The molecule has 1 heterocycles. The Balaban J connectivity index is 3.46. The Morgan fingerprint density at radius 1 is 1.23 bits per heavy atom. The van der Waals surface area contributed by atoms with Crippen LogP contribution in [0, 0.1) is 22.7 Å². The van der Waals surface area contributed by atoms with Gasteiger partial charge < -0.3 is 0 Å². The van der Waals surface area contributed by atoms with Crippen LogP contribution in [0.5, 0.6) is 0 Å². The average molecular weight is 303 g/mol. The number of carbonyl (C=O) groups is 2. The molecular weight excluding hydrogens is 278 g/mol. The van der Waals surface area contributed by atoms with Crippen molar-refractivity contribution in [3.63, 3.8) is 0 Å². The highest BCUT2D eigenvalue weighted by molar-refractivity contribution is 5.93. The minimum absolute atomic E-state index is 0.192. The summed E-state index contributed by atoms with van der Waals surface area (Å²) < 4.78 is 0. The fourth-order valence-corrected chi connectivity index (χ4v) is 4.10. The number of nitrogens with one attached hydrogen (secondary N) is 1. The van der Waals surface area contributed by atoms with E-state index in [-0.39, 0.29) is 11.7 Å². The number of ketones is 1. The highest BCUT2D eigenvalue weighted by Crippen LogP contribution is 2.51. The molecule has 1 rings (SSSR count). The first-order valence-electron chi connectivity index (χ1n) is 7.27. The highest BCUT2D eigenvalue weighted by Gasteiger charge is 2.60. The predicted octanol–water partition coefficient (Wildman–Crippen LogP) is 2.37. The number of allylic oxidation sites excluding steroid dienone is 1. The van der Waals surface area contributed by atoms with Crippen molar-refractivity contribution in [1.82, 2.24) is 10.4 Å². The summed E-state index contributed by atoms with van der Waals surface area (Å²) in [5.74, 6) is -1.13. The Labute approximate surface area is 132 Å². The molecule has 1 amide bonds. The minimum Gasteiger partial charge on any atom is -0.294 e. The number of hydrogen-bond acceptors (Lipinski definition) is 4. The highest BCUT2D eigenvalue weighted by atomic mass is 16.2. The summed E-state index contributed by atoms with van der Waals surface area (Å²) in [6, 6.07) is 2.32. The standard InChI is InChI=1S/C17H25N3O2/c1-8-12(21)14-16(5,6)20(19-13(22)9-2)15(3,4)10-17(14,7)11-18/h8-9,14H,1-2,10H2,3-7H3,(H,19,22).